The van der Waals surface area contributed by atoms with Crippen LogP contribution in [0.3, 0.4) is 0 Å². The largest absolute Gasteiger partial charge is 0.444 e. The molecule has 4 heteroatoms. The van der Waals surface area contributed by atoms with Gasteiger partial charge < -0.3 is 10.5 Å². The summed E-state index contributed by atoms with van der Waals surface area (Å²) in [6, 6.07) is 16.1. The fourth-order valence-corrected chi connectivity index (χ4v) is 3.07. The number of anilines is 2. The summed E-state index contributed by atoms with van der Waals surface area (Å²) in [7, 11) is 0. The number of benzene rings is 2. The number of rotatable bonds is 4. The Balaban J connectivity index is 1.59. The predicted molar refractivity (Wildman–Crippen MR) is 102 cm³/mol. The summed E-state index contributed by atoms with van der Waals surface area (Å²) >= 11 is 0. The van der Waals surface area contributed by atoms with Gasteiger partial charge in [-0.15, -0.1) is 0 Å². The quantitative estimate of drug-likeness (QED) is 0.834. The number of ether oxygens (including phenoxy) is 1. The molecule has 0 radical (unpaired) electrons. The van der Waals surface area contributed by atoms with Crippen LogP contribution in [0.1, 0.15) is 38.3 Å². The highest BCUT2D eigenvalue weighted by molar-refractivity contribution is 5.90. The van der Waals surface area contributed by atoms with E-state index in [1.54, 1.807) is 11.0 Å². The molecule has 4 nitrogen and oxygen atoms in total. The summed E-state index contributed by atoms with van der Waals surface area (Å²) in [6.07, 6.45) is 1.34. The molecule has 1 atom stereocenters. The maximum atomic E-state index is 12.1. The van der Waals surface area contributed by atoms with Crippen molar-refractivity contribution in [3.8, 4) is 0 Å². The maximum absolute atomic E-state index is 12.1. The summed E-state index contributed by atoms with van der Waals surface area (Å²) in [4.78, 5) is 13.8. The first-order valence-corrected chi connectivity index (χ1v) is 8.76. The lowest BCUT2D eigenvalue weighted by Crippen LogP contribution is -2.24. The van der Waals surface area contributed by atoms with Crippen molar-refractivity contribution in [1.82, 2.24) is 0 Å². The number of carbonyl (C=O) groups excluding carboxylic acids is 1. The molecule has 132 valence electrons. The molecule has 2 N–H and O–H groups in total. The first-order chi connectivity index (χ1) is 11.8. The van der Waals surface area contributed by atoms with E-state index < -0.39 is 0 Å². The van der Waals surface area contributed by atoms with E-state index in [4.69, 9.17) is 10.5 Å². The Labute approximate surface area is 149 Å². The van der Waals surface area contributed by atoms with E-state index in [1.807, 2.05) is 18.2 Å². The minimum atomic E-state index is -0.293. The first kappa shape index (κ1) is 17.3. The van der Waals surface area contributed by atoms with Crippen molar-refractivity contribution < 1.29 is 9.53 Å². The van der Waals surface area contributed by atoms with Crippen LogP contribution in [-0.2, 0) is 16.6 Å². The number of hydrogen-bond donors (Lipinski definition) is 1. The van der Waals surface area contributed by atoms with Gasteiger partial charge in [-0.25, -0.2) is 4.79 Å². The Morgan fingerprint density at radius 1 is 1.16 bits per heavy atom. The second kappa shape index (κ2) is 6.79. The molecule has 1 aliphatic rings. The molecule has 0 aliphatic carbocycles. The minimum absolute atomic E-state index is 0.0868. The van der Waals surface area contributed by atoms with Crippen LogP contribution >= 0.6 is 0 Å². The second-order valence-electron chi connectivity index (χ2n) is 7.70. The van der Waals surface area contributed by atoms with Gasteiger partial charge in [-0.2, -0.15) is 0 Å². The van der Waals surface area contributed by atoms with E-state index in [2.05, 4.69) is 45.0 Å². The zero-order valence-corrected chi connectivity index (χ0v) is 15.2. The number of nitrogens with zero attached hydrogens (tertiary/aromatic N) is 1. The van der Waals surface area contributed by atoms with Gasteiger partial charge in [0.1, 0.15) is 6.10 Å². The topological polar surface area (TPSA) is 55.6 Å². The van der Waals surface area contributed by atoms with Gasteiger partial charge in [0.25, 0.3) is 0 Å². The number of cyclic esters (lactones) is 1. The molecule has 0 bridgehead atoms. The lowest BCUT2D eigenvalue weighted by Gasteiger charge is -2.19. The molecule has 2 aromatic carbocycles. The second-order valence-corrected chi connectivity index (χ2v) is 7.70. The minimum Gasteiger partial charge on any atom is -0.444 e. The molecular weight excluding hydrogens is 312 g/mol. The summed E-state index contributed by atoms with van der Waals surface area (Å²) < 4.78 is 5.51. The summed E-state index contributed by atoms with van der Waals surface area (Å²) in [5, 5.41) is 0. The van der Waals surface area contributed by atoms with E-state index in [-0.39, 0.29) is 17.6 Å². The summed E-state index contributed by atoms with van der Waals surface area (Å²) in [5.41, 5.74) is 10.0. The summed E-state index contributed by atoms with van der Waals surface area (Å²) in [6.45, 7) is 7.21. The molecule has 3 rings (SSSR count). The molecule has 1 fully saturated rings. The van der Waals surface area contributed by atoms with E-state index >= 15 is 0 Å². The van der Waals surface area contributed by atoms with E-state index in [1.165, 1.54) is 11.1 Å². The van der Waals surface area contributed by atoms with Crippen LogP contribution in [-0.4, -0.2) is 18.7 Å². The average molecular weight is 338 g/mol. The third kappa shape index (κ3) is 4.13. The number of aryl methyl sites for hydroxylation is 1. The number of nitrogens with two attached hydrogens (primary N) is 1. The van der Waals surface area contributed by atoms with Crippen LogP contribution in [0.2, 0.25) is 0 Å². The van der Waals surface area contributed by atoms with Crippen molar-refractivity contribution in [3.63, 3.8) is 0 Å². The highest BCUT2D eigenvalue weighted by Crippen LogP contribution is 2.26. The highest BCUT2D eigenvalue weighted by Gasteiger charge is 2.32. The van der Waals surface area contributed by atoms with Crippen LogP contribution in [0, 0.1) is 0 Å². The Bertz CT molecular complexity index is 747. The fourth-order valence-electron chi connectivity index (χ4n) is 3.07. The van der Waals surface area contributed by atoms with Crippen LogP contribution < -0.4 is 10.6 Å². The van der Waals surface area contributed by atoms with Crippen molar-refractivity contribution in [2.75, 3.05) is 17.2 Å². The SMILES string of the molecule is CC(C)(C)c1ccc(CC[C@@H]2CN(c3cccc(N)c3)C(=O)O2)cc1. The maximum Gasteiger partial charge on any atom is 0.414 e. The zero-order valence-electron chi connectivity index (χ0n) is 15.2. The lowest BCUT2D eigenvalue weighted by molar-refractivity contribution is 0.137. The Morgan fingerprint density at radius 2 is 1.88 bits per heavy atom. The molecular formula is C21H26N2O2. The lowest BCUT2D eigenvalue weighted by atomic mass is 9.86. The zero-order chi connectivity index (χ0) is 18.0. The van der Waals surface area contributed by atoms with Crippen LogP contribution in [0.25, 0.3) is 0 Å². The van der Waals surface area contributed by atoms with Gasteiger partial charge in [-0.1, -0.05) is 51.1 Å². The smallest absolute Gasteiger partial charge is 0.414 e. The molecule has 0 saturated carbocycles. The molecule has 1 amide bonds. The third-order valence-electron chi connectivity index (χ3n) is 4.63. The van der Waals surface area contributed by atoms with Gasteiger partial charge in [-0.3, -0.25) is 4.90 Å². The number of hydrogen-bond acceptors (Lipinski definition) is 3. The van der Waals surface area contributed by atoms with Gasteiger partial charge in [0, 0.05) is 11.4 Å². The first-order valence-electron chi connectivity index (χ1n) is 8.76. The molecule has 1 saturated heterocycles. The monoisotopic (exact) mass is 338 g/mol. The molecule has 1 heterocycles. The van der Waals surface area contributed by atoms with Crippen molar-refractivity contribution in [1.29, 1.82) is 0 Å². The fraction of sp³-hybridized carbons (Fsp3) is 0.381. The van der Waals surface area contributed by atoms with Crippen molar-refractivity contribution in [2.24, 2.45) is 0 Å². The van der Waals surface area contributed by atoms with E-state index in [0.717, 1.165) is 18.5 Å². The Hall–Kier alpha value is -2.49. The molecule has 2 aromatic rings. The van der Waals surface area contributed by atoms with Crippen molar-refractivity contribution in [2.45, 2.75) is 45.1 Å². The average Bonchev–Trinajstić information content (AvgIpc) is 2.93. The van der Waals surface area contributed by atoms with Gasteiger partial charge in [0.05, 0.1) is 6.54 Å². The van der Waals surface area contributed by atoms with Gasteiger partial charge in [0.15, 0.2) is 0 Å². The third-order valence-corrected chi connectivity index (χ3v) is 4.63. The summed E-state index contributed by atoms with van der Waals surface area (Å²) in [5.74, 6) is 0. The molecule has 0 unspecified atom stereocenters. The molecule has 0 aromatic heterocycles. The number of carbonyl (C=O) groups is 1. The predicted octanol–water partition coefficient (Wildman–Crippen LogP) is 4.52. The van der Waals surface area contributed by atoms with Crippen LogP contribution in [0.5, 0.6) is 0 Å². The van der Waals surface area contributed by atoms with E-state index in [0.29, 0.717) is 12.2 Å². The number of nitrogen functional groups attached to an aromatic ring is 1. The van der Waals surface area contributed by atoms with Crippen LogP contribution in [0.4, 0.5) is 16.2 Å². The van der Waals surface area contributed by atoms with Gasteiger partial charge >= 0.3 is 6.09 Å². The number of amides is 1. The van der Waals surface area contributed by atoms with Crippen LogP contribution in [0.15, 0.2) is 48.5 Å². The Morgan fingerprint density at radius 3 is 2.52 bits per heavy atom. The van der Waals surface area contributed by atoms with Gasteiger partial charge in [0.2, 0.25) is 0 Å². The van der Waals surface area contributed by atoms with Gasteiger partial charge in [-0.05, 0) is 47.6 Å². The molecule has 25 heavy (non-hydrogen) atoms. The molecule has 0 spiro atoms. The Kier molecular flexibility index (Phi) is 4.71. The standard InChI is InChI=1S/C21H26N2O2/c1-21(2,3)16-10-7-15(8-11-16)9-12-19-14-23(20(24)25-19)18-6-4-5-17(22)13-18/h4-8,10-11,13,19H,9,12,14,22H2,1-3H3/t19-/m1/s1. The normalized spacial score (nSPS) is 17.6. The highest BCUT2D eigenvalue weighted by atomic mass is 16.6. The van der Waals surface area contributed by atoms with Crippen molar-refractivity contribution in [3.05, 3.63) is 59.7 Å². The van der Waals surface area contributed by atoms with E-state index in [9.17, 15) is 4.79 Å². The molecule has 1 aliphatic heterocycles. The van der Waals surface area contributed by atoms with Crippen molar-refractivity contribution >= 4 is 17.5 Å².